The summed E-state index contributed by atoms with van der Waals surface area (Å²) in [5.74, 6) is 0. The van der Waals surface area contributed by atoms with Gasteiger partial charge in [0, 0.05) is 6.04 Å². The minimum Gasteiger partial charge on any atom is -0.300 e. The van der Waals surface area contributed by atoms with Gasteiger partial charge in [-0.3, -0.25) is 0 Å². The van der Waals surface area contributed by atoms with Gasteiger partial charge in [-0.05, 0) is 38.8 Å². The van der Waals surface area contributed by atoms with Crippen LogP contribution in [0.3, 0.4) is 0 Å². The van der Waals surface area contributed by atoms with Crippen molar-refractivity contribution in [2.75, 3.05) is 13.1 Å². The van der Waals surface area contributed by atoms with E-state index in [4.69, 9.17) is 0 Å². The molecule has 0 radical (unpaired) electrons. The fourth-order valence-corrected chi connectivity index (χ4v) is 2.47. The molecule has 0 atom stereocenters. The Morgan fingerprint density at radius 1 is 0.929 bits per heavy atom. The molecule has 0 aromatic heterocycles. The zero-order chi connectivity index (χ0) is 10.2. The van der Waals surface area contributed by atoms with Crippen LogP contribution in [0, 0.1) is 0 Å². The number of hydrogen-bond donors (Lipinski definition) is 0. The minimum atomic E-state index is 0.938. The third kappa shape index (κ3) is 4.00. The van der Waals surface area contributed by atoms with Gasteiger partial charge in [0.15, 0.2) is 0 Å². The largest absolute Gasteiger partial charge is 0.300 e. The molecular weight excluding hydrogens is 170 g/mol. The van der Waals surface area contributed by atoms with Crippen LogP contribution in [0.25, 0.3) is 0 Å². The second-order valence-corrected chi connectivity index (χ2v) is 4.68. The Balaban J connectivity index is 2.26. The lowest BCUT2D eigenvalue weighted by Crippen LogP contribution is -2.34. The molecule has 1 aliphatic rings. The van der Waals surface area contributed by atoms with Crippen LogP contribution in [-0.2, 0) is 0 Å². The van der Waals surface area contributed by atoms with Crippen molar-refractivity contribution < 1.29 is 0 Å². The van der Waals surface area contributed by atoms with Crippen molar-refractivity contribution in [3.05, 3.63) is 0 Å². The highest BCUT2D eigenvalue weighted by molar-refractivity contribution is 4.77. The number of hydrogen-bond acceptors (Lipinski definition) is 1. The Hall–Kier alpha value is -0.0400. The van der Waals surface area contributed by atoms with Gasteiger partial charge >= 0.3 is 0 Å². The summed E-state index contributed by atoms with van der Waals surface area (Å²) in [5, 5.41) is 0. The molecule has 0 aromatic rings. The first-order chi connectivity index (χ1) is 6.88. The van der Waals surface area contributed by atoms with E-state index in [1.807, 2.05) is 0 Å². The molecule has 84 valence electrons. The van der Waals surface area contributed by atoms with Crippen molar-refractivity contribution in [2.24, 2.45) is 0 Å². The van der Waals surface area contributed by atoms with Gasteiger partial charge in [0.05, 0.1) is 0 Å². The molecule has 1 fully saturated rings. The normalized spacial score (nSPS) is 18.2. The van der Waals surface area contributed by atoms with Gasteiger partial charge in [-0.2, -0.15) is 0 Å². The van der Waals surface area contributed by atoms with Crippen molar-refractivity contribution in [3.8, 4) is 0 Å². The van der Waals surface area contributed by atoms with Gasteiger partial charge < -0.3 is 4.90 Å². The monoisotopic (exact) mass is 197 g/mol. The summed E-state index contributed by atoms with van der Waals surface area (Å²) < 4.78 is 0. The Bertz CT molecular complexity index is 119. The van der Waals surface area contributed by atoms with Crippen molar-refractivity contribution in [1.82, 2.24) is 4.90 Å². The van der Waals surface area contributed by atoms with E-state index < -0.39 is 0 Å². The first kappa shape index (κ1) is 12.0. The smallest absolute Gasteiger partial charge is 0.00952 e. The summed E-state index contributed by atoms with van der Waals surface area (Å²) in [6.45, 7) is 7.29. The summed E-state index contributed by atoms with van der Waals surface area (Å²) in [4.78, 5) is 2.76. The predicted octanol–water partition coefficient (Wildman–Crippen LogP) is 3.83. The molecule has 0 bridgehead atoms. The third-order valence-corrected chi connectivity index (χ3v) is 3.44. The van der Waals surface area contributed by atoms with E-state index in [2.05, 4.69) is 18.7 Å². The van der Waals surface area contributed by atoms with E-state index in [0.717, 1.165) is 6.04 Å². The Morgan fingerprint density at radius 3 is 1.86 bits per heavy atom. The highest BCUT2D eigenvalue weighted by atomic mass is 15.1. The molecule has 0 saturated heterocycles. The standard InChI is InChI=1S/C13H27N/c1-3-5-11-14(12-6-4-2)13-9-7-8-10-13/h13H,3-12H2,1-2H3. The van der Waals surface area contributed by atoms with Gasteiger partial charge in [-0.15, -0.1) is 0 Å². The summed E-state index contributed by atoms with van der Waals surface area (Å²) >= 11 is 0. The van der Waals surface area contributed by atoms with Crippen LogP contribution in [-0.4, -0.2) is 24.0 Å². The summed E-state index contributed by atoms with van der Waals surface area (Å²) in [6.07, 6.45) is 11.3. The van der Waals surface area contributed by atoms with E-state index in [9.17, 15) is 0 Å². The highest BCUT2D eigenvalue weighted by Crippen LogP contribution is 2.24. The predicted molar refractivity (Wildman–Crippen MR) is 63.6 cm³/mol. The summed E-state index contributed by atoms with van der Waals surface area (Å²) in [5.41, 5.74) is 0. The zero-order valence-electron chi connectivity index (χ0n) is 10.1. The molecule has 1 nitrogen and oxygen atoms in total. The van der Waals surface area contributed by atoms with Crippen LogP contribution >= 0.6 is 0 Å². The molecule has 1 rings (SSSR count). The van der Waals surface area contributed by atoms with E-state index in [1.165, 1.54) is 64.5 Å². The van der Waals surface area contributed by atoms with Gasteiger partial charge in [-0.1, -0.05) is 39.5 Å². The molecule has 1 aliphatic carbocycles. The number of nitrogens with zero attached hydrogens (tertiary/aromatic N) is 1. The maximum atomic E-state index is 2.76. The fraction of sp³-hybridized carbons (Fsp3) is 1.00. The van der Waals surface area contributed by atoms with Crippen molar-refractivity contribution >= 4 is 0 Å². The Labute approximate surface area is 89.9 Å². The number of unbranched alkanes of at least 4 members (excludes halogenated alkanes) is 2. The molecule has 14 heavy (non-hydrogen) atoms. The maximum absolute atomic E-state index is 2.76. The van der Waals surface area contributed by atoms with Crippen LogP contribution in [0.1, 0.15) is 65.2 Å². The minimum absolute atomic E-state index is 0.938. The lowest BCUT2D eigenvalue weighted by atomic mass is 10.1. The third-order valence-electron chi connectivity index (χ3n) is 3.44. The quantitative estimate of drug-likeness (QED) is 0.599. The Morgan fingerprint density at radius 2 is 1.43 bits per heavy atom. The van der Waals surface area contributed by atoms with Gasteiger partial charge in [-0.25, -0.2) is 0 Å². The summed E-state index contributed by atoms with van der Waals surface area (Å²) in [7, 11) is 0. The van der Waals surface area contributed by atoms with Crippen molar-refractivity contribution in [1.29, 1.82) is 0 Å². The lowest BCUT2D eigenvalue weighted by Gasteiger charge is -2.28. The molecule has 0 unspecified atom stereocenters. The Kier molecular flexibility index (Phi) is 6.25. The van der Waals surface area contributed by atoms with Crippen molar-refractivity contribution in [3.63, 3.8) is 0 Å². The van der Waals surface area contributed by atoms with E-state index in [1.54, 1.807) is 0 Å². The lowest BCUT2D eigenvalue weighted by molar-refractivity contribution is 0.192. The molecule has 0 spiro atoms. The molecule has 0 N–H and O–H groups in total. The van der Waals surface area contributed by atoms with Crippen LogP contribution in [0.2, 0.25) is 0 Å². The first-order valence-electron chi connectivity index (χ1n) is 6.62. The fourth-order valence-electron chi connectivity index (χ4n) is 2.47. The van der Waals surface area contributed by atoms with Crippen molar-refractivity contribution in [2.45, 2.75) is 71.3 Å². The number of rotatable bonds is 7. The van der Waals surface area contributed by atoms with Crippen LogP contribution in [0.4, 0.5) is 0 Å². The van der Waals surface area contributed by atoms with E-state index >= 15 is 0 Å². The van der Waals surface area contributed by atoms with Crippen LogP contribution < -0.4 is 0 Å². The van der Waals surface area contributed by atoms with Crippen LogP contribution in [0.5, 0.6) is 0 Å². The molecule has 0 heterocycles. The molecule has 1 saturated carbocycles. The molecule has 0 aromatic carbocycles. The van der Waals surface area contributed by atoms with E-state index in [-0.39, 0.29) is 0 Å². The molecule has 0 aliphatic heterocycles. The topological polar surface area (TPSA) is 3.24 Å². The SMILES string of the molecule is CCCCN(CCCC)C1CCCC1. The van der Waals surface area contributed by atoms with Gasteiger partial charge in [0.25, 0.3) is 0 Å². The molecule has 0 amide bonds. The summed E-state index contributed by atoms with van der Waals surface area (Å²) in [6, 6.07) is 0.938. The average molecular weight is 197 g/mol. The van der Waals surface area contributed by atoms with Gasteiger partial charge in [0.2, 0.25) is 0 Å². The average Bonchev–Trinajstić information content (AvgIpc) is 2.71. The second-order valence-electron chi connectivity index (χ2n) is 4.68. The second kappa shape index (κ2) is 7.28. The first-order valence-corrected chi connectivity index (χ1v) is 6.62. The zero-order valence-corrected chi connectivity index (χ0v) is 10.1. The maximum Gasteiger partial charge on any atom is 0.00952 e. The van der Waals surface area contributed by atoms with Gasteiger partial charge in [0.1, 0.15) is 0 Å². The van der Waals surface area contributed by atoms with Crippen LogP contribution in [0.15, 0.2) is 0 Å². The molecule has 1 heteroatoms. The van der Waals surface area contributed by atoms with E-state index in [0.29, 0.717) is 0 Å². The highest BCUT2D eigenvalue weighted by Gasteiger charge is 2.21. The molecular formula is C13H27N.